The number of rotatable bonds is 6. The fraction of sp³-hybridized carbons (Fsp3) is 0.174. The largest absolute Gasteiger partial charge is 0.461 e. The van der Waals surface area contributed by atoms with Crippen molar-refractivity contribution < 1.29 is 19.1 Å². The highest BCUT2D eigenvalue weighted by atomic mass is 16.5. The Morgan fingerprint density at radius 1 is 0.893 bits per heavy atom. The van der Waals surface area contributed by atoms with E-state index in [2.05, 4.69) is 4.98 Å². The zero-order valence-electron chi connectivity index (χ0n) is 15.8. The molecule has 0 radical (unpaired) electrons. The second-order valence-electron chi connectivity index (χ2n) is 6.17. The van der Waals surface area contributed by atoms with E-state index in [1.165, 1.54) is 0 Å². The molecule has 0 bridgehead atoms. The monoisotopic (exact) mass is 375 g/mol. The van der Waals surface area contributed by atoms with Gasteiger partial charge < -0.3 is 9.47 Å². The van der Waals surface area contributed by atoms with Gasteiger partial charge in [-0.1, -0.05) is 60.7 Å². The highest BCUT2D eigenvalue weighted by Crippen LogP contribution is 2.26. The first-order valence-electron chi connectivity index (χ1n) is 9.05. The van der Waals surface area contributed by atoms with Crippen LogP contribution in [0.15, 0.2) is 66.7 Å². The fourth-order valence-corrected chi connectivity index (χ4v) is 2.81. The third-order valence-corrected chi connectivity index (χ3v) is 4.20. The number of aryl methyl sites for hydroxylation is 1. The molecule has 1 aromatic heterocycles. The maximum absolute atomic E-state index is 12.7. The Bertz CT molecular complexity index is 969. The lowest BCUT2D eigenvalue weighted by Crippen LogP contribution is -2.14. The molecule has 1 heterocycles. The van der Waals surface area contributed by atoms with E-state index in [9.17, 15) is 9.59 Å². The summed E-state index contributed by atoms with van der Waals surface area (Å²) in [5.74, 6) is -1.00. The van der Waals surface area contributed by atoms with Gasteiger partial charge in [0.15, 0.2) is 5.69 Å². The van der Waals surface area contributed by atoms with Crippen molar-refractivity contribution >= 4 is 11.9 Å². The van der Waals surface area contributed by atoms with Crippen LogP contribution in [-0.2, 0) is 16.1 Å². The number of nitrogens with zero attached hydrogens (tertiary/aromatic N) is 1. The molecule has 2 aromatic carbocycles. The molecule has 0 atom stereocenters. The highest BCUT2D eigenvalue weighted by Gasteiger charge is 2.22. The number of esters is 2. The quantitative estimate of drug-likeness (QED) is 0.590. The Labute approximate surface area is 164 Å². The summed E-state index contributed by atoms with van der Waals surface area (Å²) in [5, 5.41) is 0. The molecule has 0 aliphatic rings. The molecule has 0 N–H and O–H groups in total. The van der Waals surface area contributed by atoms with Crippen molar-refractivity contribution in [2.24, 2.45) is 0 Å². The fourth-order valence-electron chi connectivity index (χ4n) is 2.81. The maximum atomic E-state index is 12.7. The number of pyridine rings is 1. The van der Waals surface area contributed by atoms with Gasteiger partial charge >= 0.3 is 11.9 Å². The molecule has 3 rings (SSSR count). The summed E-state index contributed by atoms with van der Waals surface area (Å²) in [4.78, 5) is 29.4. The van der Waals surface area contributed by atoms with Crippen LogP contribution in [-0.4, -0.2) is 23.5 Å². The van der Waals surface area contributed by atoms with E-state index in [0.29, 0.717) is 16.8 Å². The molecular formula is C23H21NO4. The number of benzene rings is 2. The zero-order chi connectivity index (χ0) is 19.9. The van der Waals surface area contributed by atoms with Crippen LogP contribution < -0.4 is 0 Å². The zero-order valence-corrected chi connectivity index (χ0v) is 15.8. The topological polar surface area (TPSA) is 65.5 Å². The Morgan fingerprint density at radius 2 is 1.54 bits per heavy atom. The van der Waals surface area contributed by atoms with Gasteiger partial charge in [-0.3, -0.25) is 0 Å². The van der Waals surface area contributed by atoms with Crippen LogP contribution in [0, 0.1) is 6.92 Å². The Hall–Kier alpha value is -3.47. The Kier molecular flexibility index (Phi) is 6.17. The molecular weight excluding hydrogens is 354 g/mol. The first-order valence-corrected chi connectivity index (χ1v) is 9.05. The number of carbonyl (C=O) groups excluding carboxylic acids is 2. The normalized spacial score (nSPS) is 10.4. The van der Waals surface area contributed by atoms with Crippen molar-refractivity contribution in [1.29, 1.82) is 0 Å². The minimum atomic E-state index is -0.520. The van der Waals surface area contributed by atoms with Crippen LogP contribution in [0.4, 0.5) is 0 Å². The van der Waals surface area contributed by atoms with Crippen molar-refractivity contribution in [3.8, 4) is 11.1 Å². The first kappa shape index (κ1) is 19.3. The van der Waals surface area contributed by atoms with Gasteiger partial charge in [-0.15, -0.1) is 0 Å². The number of hydrogen-bond acceptors (Lipinski definition) is 5. The van der Waals surface area contributed by atoms with Crippen molar-refractivity contribution in [3.05, 3.63) is 89.2 Å². The standard InChI is InChI=1S/C23H21NO4/c1-3-27-23(26)21-20(18-12-8-5-9-13-18)14-19(16(2)24-21)22(25)28-15-17-10-6-4-7-11-17/h4-14H,3,15H2,1-2H3. The average Bonchev–Trinajstić information content (AvgIpc) is 2.73. The molecule has 142 valence electrons. The van der Waals surface area contributed by atoms with Crippen molar-refractivity contribution in [1.82, 2.24) is 4.98 Å². The van der Waals surface area contributed by atoms with Crippen LogP contribution in [0.2, 0.25) is 0 Å². The van der Waals surface area contributed by atoms with Gasteiger partial charge in [0.25, 0.3) is 0 Å². The minimum Gasteiger partial charge on any atom is -0.461 e. The highest BCUT2D eigenvalue weighted by molar-refractivity contribution is 5.99. The second kappa shape index (κ2) is 8.95. The molecule has 0 saturated carbocycles. The summed E-state index contributed by atoms with van der Waals surface area (Å²) in [7, 11) is 0. The molecule has 5 heteroatoms. The average molecular weight is 375 g/mol. The smallest absolute Gasteiger partial charge is 0.357 e. The van der Waals surface area contributed by atoms with Crippen molar-refractivity contribution in [3.63, 3.8) is 0 Å². The van der Waals surface area contributed by atoms with Gasteiger partial charge in [0.1, 0.15) is 6.61 Å². The van der Waals surface area contributed by atoms with Gasteiger partial charge in [-0.25, -0.2) is 14.6 Å². The van der Waals surface area contributed by atoms with E-state index in [4.69, 9.17) is 9.47 Å². The predicted octanol–water partition coefficient (Wildman–Crippen LogP) is 4.59. The summed E-state index contributed by atoms with van der Waals surface area (Å²) in [5.41, 5.74) is 3.13. The van der Waals surface area contributed by atoms with Gasteiger partial charge in [-0.05, 0) is 31.0 Å². The molecule has 0 aliphatic carbocycles. The van der Waals surface area contributed by atoms with Crippen LogP contribution >= 0.6 is 0 Å². The van der Waals surface area contributed by atoms with Gasteiger partial charge in [-0.2, -0.15) is 0 Å². The van der Waals surface area contributed by atoms with Crippen molar-refractivity contribution in [2.75, 3.05) is 6.61 Å². The lowest BCUT2D eigenvalue weighted by molar-refractivity contribution is 0.0466. The summed E-state index contributed by atoms with van der Waals surface area (Å²) in [6.07, 6.45) is 0. The number of aromatic nitrogens is 1. The van der Waals surface area contributed by atoms with Gasteiger partial charge in [0, 0.05) is 5.56 Å². The molecule has 0 amide bonds. The van der Waals surface area contributed by atoms with Gasteiger partial charge in [0.05, 0.1) is 17.9 Å². The predicted molar refractivity (Wildman–Crippen MR) is 106 cm³/mol. The number of hydrogen-bond donors (Lipinski definition) is 0. The third-order valence-electron chi connectivity index (χ3n) is 4.20. The van der Waals surface area contributed by atoms with Crippen LogP contribution in [0.5, 0.6) is 0 Å². The molecule has 0 saturated heterocycles. The lowest BCUT2D eigenvalue weighted by Gasteiger charge is -2.13. The van der Waals surface area contributed by atoms with E-state index in [1.54, 1.807) is 19.9 Å². The summed E-state index contributed by atoms with van der Waals surface area (Å²) in [6.45, 7) is 3.83. The minimum absolute atomic E-state index is 0.166. The lowest BCUT2D eigenvalue weighted by atomic mass is 10.0. The molecule has 5 nitrogen and oxygen atoms in total. The second-order valence-corrected chi connectivity index (χ2v) is 6.17. The van der Waals surface area contributed by atoms with Crippen LogP contribution in [0.3, 0.4) is 0 Å². The summed E-state index contributed by atoms with van der Waals surface area (Å²) in [6, 6.07) is 20.4. The number of ether oxygens (including phenoxy) is 2. The molecule has 0 unspecified atom stereocenters. The first-order chi connectivity index (χ1) is 13.6. The van der Waals surface area contributed by atoms with Crippen LogP contribution in [0.25, 0.3) is 11.1 Å². The van der Waals surface area contributed by atoms with E-state index in [-0.39, 0.29) is 18.9 Å². The van der Waals surface area contributed by atoms with E-state index < -0.39 is 11.9 Å². The van der Waals surface area contributed by atoms with Crippen LogP contribution in [0.1, 0.15) is 39.0 Å². The summed E-state index contributed by atoms with van der Waals surface area (Å²) >= 11 is 0. The van der Waals surface area contributed by atoms with Crippen molar-refractivity contribution in [2.45, 2.75) is 20.5 Å². The Morgan fingerprint density at radius 3 is 2.18 bits per heavy atom. The van der Waals surface area contributed by atoms with E-state index in [0.717, 1.165) is 11.1 Å². The molecule has 0 fully saturated rings. The third kappa shape index (κ3) is 4.43. The molecule has 0 spiro atoms. The molecule has 28 heavy (non-hydrogen) atoms. The van der Waals surface area contributed by atoms with E-state index in [1.807, 2.05) is 60.7 Å². The van der Waals surface area contributed by atoms with E-state index >= 15 is 0 Å². The summed E-state index contributed by atoms with van der Waals surface area (Å²) < 4.78 is 10.6. The number of carbonyl (C=O) groups is 2. The molecule has 3 aromatic rings. The molecule has 0 aliphatic heterocycles. The Balaban J connectivity index is 1.95. The SMILES string of the molecule is CCOC(=O)c1nc(C)c(C(=O)OCc2ccccc2)cc1-c1ccccc1. The maximum Gasteiger partial charge on any atom is 0.357 e. The van der Waals surface area contributed by atoms with Gasteiger partial charge in [0.2, 0.25) is 0 Å².